The molecule has 2 aromatic carbocycles. The minimum absolute atomic E-state index is 0.187. The summed E-state index contributed by atoms with van der Waals surface area (Å²) in [5, 5.41) is 10.0. The molecule has 0 unspecified atom stereocenters. The van der Waals surface area contributed by atoms with Crippen LogP contribution in [-0.4, -0.2) is 34.1 Å². The number of carbonyl (C=O) groups excluding carboxylic acids is 1. The van der Waals surface area contributed by atoms with E-state index in [0.717, 1.165) is 36.8 Å². The van der Waals surface area contributed by atoms with Crippen molar-refractivity contribution in [3.05, 3.63) is 71.8 Å². The Morgan fingerprint density at radius 2 is 1.33 bits per heavy atom. The second-order valence-corrected chi connectivity index (χ2v) is 7.01. The van der Waals surface area contributed by atoms with Crippen LogP contribution in [0.2, 0.25) is 0 Å². The van der Waals surface area contributed by atoms with E-state index < -0.39 is 0 Å². The first-order valence-corrected chi connectivity index (χ1v) is 8.84. The molecule has 0 radical (unpaired) electrons. The Labute approximate surface area is 142 Å². The lowest BCUT2D eigenvalue weighted by molar-refractivity contribution is -0.138. The van der Waals surface area contributed by atoms with Crippen molar-refractivity contribution in [1.82, 2.24) is 4.90 Å². The highest BCUT2D eigenvalue weighted by Crippen LogP contribution is 2.39. The molecular weight excluding hydrogens is 298 g/mol. The summed E-state index contributed by atoms with van der Waals surface area (Å²) in [4.78, 5) is 15.6. The number of fused-ring (bicyclic) bond motifs is 2. The fraction of sp³-hybridized carbons (Fsp3) is 0.381. The van der Waals surface area contributed by atoms with Gasteiger partial charge in [-0.15, -0.1) is 0 Å². The van der Waals surface area contributed by atoms with Gasteiger partial charge in [0.25, 0.3) is 0 Å². The highest BCUT2D eigenvalue weighted by atomic mass is 16.3. The van der Waals surface area contributed by atoms with E-state index in [1.165, 1.54) is 0 Å². The summed E-state index contributed by atoms with van der Waals surface area (Å²) in [7, 11) is 0. The summed E-state index contributed by atoms with van der Waals surface area (Å²) in [6.45, 7) is 0. The minimum atomic E-state index is -0.259. The number of hydrogen-bond donors (Lipinski definition) is 1. The highest BCUT2D eigenvalue weighted by molar-refractivity contribution is 5.88. The van der Waals surface area contributed by atoms with Crippen molar-refractivity contribution >= 4 is 5.91 Å². The Morgan fingerprint density at radius 3 is 1.79 bits per heavy atom. The lowest BCUT2D eigenvalue weighted by atomic mass is 9.88. The van der Waals surface area contributed by atoms with Crippen LogP contribution >= 0.6 is 0 Å². The molecule has 2 heterocycles. The second-order valence-electron chi connectivity index (χ2n) is 7.01. The molecule has 2 fully saturated rings. The van der Waals surface area contributed by atoms with Gasteiger partial charge in [-0.1, -0.05) is 60.7 Å². The Hall–Kier alpha value is -2.13. The summed E-state index contributed by atoms with van der Waals surface area (Å²) in [6.07, 6.45) is 3.23. The van der Waals surface area contributed by atoms with Crippen molar-refractivity contribution in [2.24, 2.45) is 0 Å². The lowest BCUT2D eigenvalue weighted by Crippen LogP contribution is -2.49. The average Bonchev–Trinajstić information content (AvgIpc) is 2.88. The standard InChI is InChI=1S/C21H23NO2/c23-19-13-17-11-12-18(14-19)22(17)21(24)20(15-7-3-1-4-8-15)16-9-5-2-6-10-16/h1-10,17-20,23H,11-14H2/t17-,18-/m0/s1. The monoisotopic (exact) mass is 321 g/mol. The fourth-order valence-corrected chi connectivity index (χ4v) is 4.43. The maximum Gasteiger partial charge on any atom is 0.235 e. The molecule has 2 bridgehead atoms. The van der Waals surface area contributed by atoms with Crippen molar-refractivity contribution < 1.29 is 9.90 Å². The van der Waals surface area contributed by atoms with Crippen LogP contribution in [-0.2, 0) is 4.79 Å². The van der Waals surface area contributed by atoms with E-state index in [1.807, 2.05) is 60.7 Å². The summed E-state index contributed by atoms with van der Waals surface area (Å²) in [5.41, 5.74) is 2.08. The van der Waals surface area contributed by atoms with E-state index in [2.05, 4.69) is 4.90 Å². The van der Waals surface area contributed by atoms with Gasteiger partial charge in [-0.05, 0) is 36.8 Å². The fourth-order valence-electron chi connectivity index (χ4n) is 4.43. The van der Waals surface area contributed by atoms with Gasteiger partial charge in [-0.3, -0.25) is 4.79 Å². The molecule has 0 spiro atoms. The molecule has 1 amide bonds. The van der Waals surface area contributed by atoms with E-state index in [1.54, 1.807) is 0 Å². The van der Waals surface area contributed by atoms with Crippen LogP contribution in [0.25, 0.3) is 0 Å². The van der Waals surface area contributed by atoms with Crippen molar-refractivity contribution in [3.8, 4) is 0 Å². The van der Waals surface area contributed by atoms with Gasteiger partial charge in [0.2, 0.25) is 5.91 Å². The van der Waals surface area contributed by atoms with Crippen molar-refractivity contribution in [3.63, 3.8) is 0 Å². The maximum absolute atomic E-state index is 13.5. The van der Waals surface area contributed by atoms with Gasteiger partial charge < -0.3 is 10.0 Å². The Balaban J connectivity index is 1.71. The molecule has 2 aliphatic rings. The maximum atomic E-state index is 13.5. The summed E-state index contributed by atoms with van der Waals surface area (Å²) in [6, 6.07) is 20.5. The van der Waals surface area contributed by atoms with Crippen molar-refractivity contribution in [2.45, 2.75) is 49.8 Å². The van der Waals surface area contributed by atoms with Crippen molar-refractivity contribution in [2.75, 3.05) is 0 Å². The molecule has 0 saturated carbocycles. The van der Waals surface area contributed by atoms with Crippen LogP contribution in [0.5, 0.6) is 0 Å². The number of aliphatic hydroxyl groups is 1. The molecule has 2 aliphatic heterocycles. The van der Waals surface area contributed by atoms with E-state index in [-0.39, 0.29) is 30.0 Å². The second kappa shape index (κ2) is 6.40. The van der Waals surface area contributed by atoms with Gasteiger partial charge in [0, 0.05) is 12.1 Å². The minimum Gasteiger partial charge on any atom is -0.393 e. The molecule has 24 heavy (non-hydrogen) atoms. The molecule has 2 atom stereocenters. The molecule has 3 nitrogen and oxygen atoms in total. The molecule has 4 rings (SSSR count). The average molecular weight is 321 g/mol. The number of hydrogen-bond acceptors (Lipinski definition) is 2. The third kappa shape index (κ3) is 2.73. The van der Waals surface area contributed by atoms with Crippen LogP contribution in [0.15, 0.2) is 60.7 Å². The quantitative estimate of drug-likeness (QED) is 0.942. The number of amides is 1. The largest absolute Gasteiger partial charge is 0.393 e. The zero-order valence-electron chi connectivity index (χ0n) is 13.7. The summed E-state index contributed by atoms with van der Waals surface area (Å²) in [5.74, 6) is -0.0717. The van der Waals surface area contributed by atoms with Gasteiger partial charge in [0.05, 0.1) is 12.0 Å². The number of rotatable bonds is 3. The molecule has 3 heteroatoms. The van der Waals surface area contributed by atoms with E-state index in [9.17, 15) is 9.90 Å². The van der Waals surface area contributed by atoms with Crippen LogP contribution < -0.4 is 0 Å². The molecule has 1 N–H and O–H groups in total. The molecule has 124 valence electrons. The first kappa shape index (κ1) is 15.4. The number of aliphatic hydroxyl groups excluding tert-OH is 1. The topological polar surface area (TPSA) is 40.5 Å². The van der Waals surface area contributed by atoms with E-state index in [4.69, 9.17) is 0 Å². The lowest BCUT2D eigenvalue weighted by Gasteiger charge is -2.39. The third-order valence-electron chi connectivity index (χ3n) is 5.48. The first-order chi connectivity index (χ1) is 11.7. The molecular formula is C21H23NO2. The van der Waals surface area contributed by atoms with Gasteiger partial charge in [-0.2, -0.15) is 0 Å². The van der Waals surface area contributed by atoms with Gasteiger partial charge in [0.1, 0.15) is 0 Å². The number of carbonyl (C=O) groups is 1. The summed E-state index contributed by atoms with van der Waals surface area (Å²) < 4.78 is 0. The zero-order chi connectivity index (χ0) is 16.5. The normalized spacial score (nSPS) is 25.9. The zero-order valence-corrected chi connectivity index (χ0v) is 13.7. The SMILES string of the molecule is O=C(C(c1ccccc1)c1ccccc1)N1[C@H]2CC[C@H]1CC(O)C2. The summed E-state index contributed by atoms with van der Waals surface area (Å²) >= 11 is 0. The van der Waals surface area contributed by atoms with Crippen LogP contribution in [0, 0.1) is 0 Å². The van der Waals surface area contributed by atoms with Gasteiger partial charge in [-0.25, -0.2) is 0 Å². The number of piperidine rings is 1. The van der Waals surface area contributed by atoms with E-state index in [0.29, 0.717) is 0 Å². The number of nitrogens with zero attached hydrogens (tertiary/aromatic N) is 1. The smallest absolute Gasteiger partial charge is 0.235 e. The predicted molar refractivity (Wildman–Crippen MR) is 93.6 cm³/mol. The van der Waals surface area contributed by atoms with Crippen molar-refractivity contribution in [1.29, 1.82) is 0 Å². The third-order valence-corrected chi connectivity index (χ3v) is 5.48. The first-order valence-electron chi connectivity index (χ1n) is 8.84. The Morgan fingerprint density at radius 1 is 0.875 bits per heavy atom. The van der Waals surface area contributed by atoms with Crippen LogP contribution in [0.3, 0.4) is 0 Å². The molecule has 2 aromatic rings. The van der Waals surface area contributed by atoms with E-state index >= 15 is 0 Å². The molecule has 0 aliphatic carbocycles. The van der Waals surface area contributed by atoms with Crippen LogP contribution in [0.4, 0.5) is 0 Å². The van der Waals surface area contributed by atoms with Crippen LogP contribution in [0.1, 0.15) is 42.7 Å². The van der Waals surface area contributed by atoms with Gasteiger partial charge in [0.15, 0.2) is 0 Å². The molecule has 0 aromatic heterocycles. The Kier molecular flexibility index (Phi) is 4.11. The molecule has 2 saturated heterocycles. The van der Waals surface area contributed by atoms with Gasteiger partial charge >= 0.3 is 0 Å². The highest BCUT2D eigenvalue weighted by Gasteiger charge is 2.44. The predicted octanol–water partition coefficient (Wildman–Crippen LogP) is 3.33. The number of benzene rings is 2. The Bertz CT molecular complexity index is 647.